The van der Waals surface area contributed by atoms with E-state index < -0.39 is 6.72 Å². The van der Waals surface area contributed by atoms with Gasteiger partial charge in [-0.2, -0.15) is 4.08 Å². The van der Waals surface area contributed by atoms with Gasteiger partial charge in [0.05, 0.1) is 18.5 Å². The molecule has 0 saturated carbocycles. The first-order chi connectivity index (χ1) is 4.12. The van der Waals surface area contributed by atoms with Gasteiger partial charge in [-0.3, -0.25) is 0 Å². The molecule has 1 N–H and O–H groups in total. The predicted molar refractivity (Wildman–Crippen MR) is 39.7 cm³/mol. The molecule has 0 heterocycles. The summed E-state index contributed by atoms with van der Waals surface area (Å²) in [5.41, 5.74) is 0. The third-order valence-corrected chi connectivity index (χ3v) is 2.58. The lowest BCUT2D eigenvalue weighted by Gasteiger charge is -2.08. The fraction of sp³-hybridized carbons (Fsp3) is 1.00. The molecular formula is C3H8ClO3PS. The van der Waals surface area contributed by atoms with Gasteiger partial charge in [-0.1, -0.05) is 6.92 Å². The second-order valence-electron chi connectivity index (χ2n) is 1.37. The molecular weight excluding hydrogens is 183 g/mol. The highest BCUT2D eigenvalue weighted by Crippen LogP contribution is 2.44. The van der Waals surface area contributed by atoms with E-state index >= 15 is 0 Å². The molecule has 0 spiro atoms. The standard InChI is InChI=1S/C3H8ClO3PS/c1-2-3-6-8(5,9)7-4/h2-3H2,1H3,(H,5,9). The van der Waals surface area contributed by atoms with Crippen molar-refractivity contribution in [2.24, 2.45) is 0 Å². The third-order valence-electron chi connectivity index (χ3n) is 0.546. The molecule has 56 valence electrons. The molecule has 9 heavy (non-hydrogen) atoms. The Labute approximate surface area is 64.3 Å². The molecule has 0 aromatic heterocycles. The van der Waals surface area contributed by atoms with Crippen molar-refractivity contribution in [1.29, 1.82) is 0 Å². The summed E-state index contributed by atoms with van der Waals surface area (Å²) >= 11 is 9.20. The fourth-order valence-electron chi connectivity index (χ4n) is 0.227. The van der Waals surface area contributed by atoms with Crippen LogP contribution in [0.15, 0.2) is 0 Å². The Morgan fingerprint density at radius 2 is 2.33 bits per heavy atom. The van der Waals surface area contributed by atoms with Crippen molar-refractivity contribution in [3.8, 4) is 0 Å². The molecule has 0 aliphatic carbocycles. The molecule has 0 saturated heterocycles. The highest BCUT2D eigenvalue weighted by Gasteiger charge is 2.12. The lowest BCUT2D eigenvalue weighted by molar-refractivity contribution is 0.263. The van der Waals surface area contributed by atoms with E-state index in [0.717, 1.165) is 6.42 Å². The van der Waals surface area contributed by atoms with Crippen LogP contribution in [0, 0.1) is 0 Å². The Kier molecular flexibility index (Phi) is 5.03. The fourth-order valence-corrected chi connectivity index (χ4v) is 1.02. The first-order valence-corrected chi connectivity index (χ1v) is 5.30. The summed E-state index contributed by atoms with van der Waals surface area (Å²) < 4.78 is 8.63. The van der Waals surface area contributed by atoms with Gasteiger partial charge in [0, 0.05) is 0 Å². The number of hydrogen-bond acceptors (Lipinski definition) is 3. The zero-order chi connectivity index (χ0) is 7.33. The van der Waals surface area contributed by atoms with Gasteiger partial charge in [-0.15, -0.1) is 0 Å². The minimum absolute atomic E-state index is 0.375. The SMILES string of the molecule is CCCOP(O)(=S)OCl. The van der Waals surface area contributed by atoms with Gasteiger partial charge >= 0.3 is 6.72 Å². The van der Waals surface area contributed by atoms with E-state index in [1.165, 1.54) is 0 Å². The quantitative estimate of drug-likeness (QED) is 0.687. The molecule has 0 bridgehead atoms. The molecule has 1 atom stereocenters. The van der Waals surface area contributed by atoms with Gasteiger partial charge in [0.25, 0.3) is 0 Å². The summed E-state index contributed by atoms with van der Waals surface area (Å²) in [6, 6.07) is 0. The van der Waals surface area contributed by atoms with E-state index in [4.69, 9.17) is 16.8 Å². The van der Waals surface area contributed by atoms with Crippen LogP contribution in [0.2, 0.25) is 0 Å². The first kappa shape index (κ1) is 9.82. The molecule has 0 aliphatic rings. The van der Waals surface area contributed by atoms with Crippen molar-refractivity contribution >= 4 is 30.4 Å². The van der Waals surface area contributed by atoms with Gasteiger partial charge < -0.3 is 9.42 Å². The molecule has 0 aromatic carbocycles. The van der Waals surface area contributed by atoms with Crippen LogP contribution in [0.5, 0.6) is 0 Å². The van der Waals surface area contributed by atoms with E-state index in [1.54, 1.807) is 0 Å². The summed E-state index contributed by atoms with van der Waals surface area (Å²) in [5, 5.41) is 0. The monoisotopic (exact) mass is 190 g/mol. The second kappa shape index (κ2) is 4.61. The average Bonchev–Trinajstić information content (AvgIpc) is 1.84. The van der Waals surface area contributed by atoms with E-state index in [0.29, 0.717) is 6.61 Å². The third kappa shape index (κ3) is 5.27. The van der Waals surface area contributed by atoms with Crippen LogP contribution in [-0.2, 0) is 20.4 Å². The van der Waals surface area contributed by atoms with Crippen LogP contribution in [0.25, 0.3) is 0 Å². The number of halogens is 1. The molecule has 0 rings (SSSR count). The van der Waals surface area contributed by atoms with E-state index in [-0.39, 0.29) is 0 Å². The molecule has 0 aliphatic heterocycles. The van der Waals surface area contributed by atoms with Crippen molar-refractivity contribution in [3.05, 3.63) is 0 Å². The van der Waals surface area contributed by atoms with Crippen LogP contribution in [0.3, 0.4) is 0 Å². The molecule has 3 nitrogen and oxygen atoms in total. The van der Waals surface area contributed by atoms with Crippen LogP contribution in [0.1, 0.15) is 13.3 Å². The molecule has 0 radical (unpaired) electrons. The average molecular weight is 191 g/mol. The van der Waals surface area contributed by atoms with E-state index in [1.807, 2.05) is 6.92 Å². The topological polar surface area (TPSA) is 38.7 Å². The van der Waals surface area contributed by atoms with E-state index in [2.05, 4.69) is 20.4 Å². The number of hydrogen-bond donors (Lipinski definition) is 1. The van der Waals surface area contributed by atoms with Gasteiger partial charge in [0.2, 0.25) is 0 Å². The minimum atomic E-state index is -3.09. The summed E-state index contributed by atoms with van der Waals surface area (Å²) in [6.45, 7) is -0.823. The highest BCUT2D eigenvalue weighted by atomic mass is 35.5. The van der Waals surface area contributed by atoms with Crippen LogP contribution in [-0.4, -0.2) is 11.5 Å². The van der Waals surface area contributed by atoms with Crippen molar-refractivity contribution in [1.82, 2.24) is 0 Å². The van der Waals surface area contributed by atoms with Crippen molar-refractivity contribution in [3.63, 3.8) is 0 Å². The maximum Gasteiger partial charge on any atom is 0.341 e. The van der Waals surface area contributed by atoms with Crippen LogP contribution < -0.4 is 0 Å². The molecule has 0 aromatic rings. The summed E-state index contributed by atoms with van der Waals surface area (Å²) in [4.78, 5) is 8.80. The molecule has 1 unspecified atom stereocenters. The van der Waals surface area contributed by atoms with E-state index in [9.17, 15) is 0 Å². The van der Waals surface area contributed by atoms with Crippen molar-refractivity contribution in [2.75, 3.05) is 6.61 Å². The highest BCUT2D eigenvalue weighted by molar-refractivity contribution is 8.07. The Morgan fingerprint density at radius 3 is 2.67 bits per heavy atom. The van der Waals surface area contributed by atoms with Crippen LogP contribution in [0.4, 0.5) is 0 Å². The summed E-state index contributed by atoms with van der Waals surface area (Å²) in [6.07, 6.45) is 0.777. The largest absolute Gasteiger partial charge is 0.341 e. The maximum absolute atomic E-state index is 8.80. The minimum Gasteiger partial charge on any atom is -0.324 e. The predicted octanol–water partition coefficient (Wildman–Crippen LogP) is 1.80. The molecule has 0 fully saturated rings. The number of rotatable bonds is 4. The zero-order valence-corrected chi connectivity index (χ0v) is 7.38. The Morgan fingerprint density at radius 1 is 1.78 bits per heavy atom. The Balaban J connectivity index is 3.46. The maximum atomic E-state index is 8.80. The van der Waals surface area contributed by atoms with Crippen LogP contribution >= 0.6 is 18.6 Å². The molecule has 0 amide bonds. The summed E-state index contributed by atoms with van der Waals surface area (Å²) in [7, 11) is 0. The zero-order valence-electron chi connectivity index (χ0n) is 4.91. The van der Waals surface area contributed by atoms with Gasteiger partial charge in [-0.05, 0) is 18.2 Å². The smallest absolute Gasteiger partial charge is 0.324 e. The lowest BCUT2D eigenvalue weighted by atomic mass is 10.5. The summed E-state index contributed by atoms with van der Waals surface area (Å²) in [5.74, 6) is 0. The Hall–Kier alpha value is 0.820. The first-order valence-electron chi connectivity index (χ1n) is 2.40. The van der Waals surface area contributed by atoms with Gasteiger partial charge in [-0.25, -0.2) is 0 Å². The Bertz CT molecular complexity index is 120. The van der Waals surface area contributed by atoms with Crippen molar-refractivity contribution < 1.29 is 13.5 Å². The second-order valence-corrected chi connectivity index (χ2v) is 4.50. The van der Waals surface area contributed by atoms with Gasteiger partial charge in [0.15, 0.2) is 0 Å². The molecule has 6 heteroatoms. The normalized spacial score (nSPS) is 17.2. The van der Waals surface area contributed by atoms with Gasteiger partial charge in [0.1, 0.15) is 0 Å². The van der Waals surface area contributed by atoms with Crippen molar-refractivity contribution in [2.45, 2.75) is 13.3 Å². The lowest BCUT2D eigenvalue weighted by Crippen LogP contribution is -1.89.